The van der Waals surface area contributed by atoms with Gasteiger partial charge in [0.25, 0.3) is 0 Å². The molecule has 1 rings (SSSR count). The van der Waals surface area contributed by atoms with Gasteiger partial charge in [-0.2, -0.15) is 0 Å². The number of hydrogen-bond acceptors (Lipinski definition) is 4. The van der Waals surface area contributed by atoms with Gasteiger partial charge in [-0.3, -0.25) is 0 Å². The lowest BCUT2D eigenvalue weighted by atomic mass is 10.1. The van der Waals surface area contributed by atoms with Gasteiger partial charge in [0.2, 0.25) is 0 Å². The van der Waals surface area contributed by atoms with Crippen LogP contribution in [0.15, 0.2) is 6.07 Å². The van der Waals surface area contributed by atoms with Crippen LogP contribution >= 0.6 is 0 Å². The molecule has 84 valence electrons. The molecule has 1 heterocycles. The van der Waals surface area contributed by atoms with Crippen LogP contribution in [0, 0.1) is 6.92 Å². The molecule has 0 aliphatic rings. The molecule has 1 aromatic heterocycles. The molecule has 1 aromatic rings. The fourth-order valence-corrected chi connectivity index (χ4v) is 1.29. The van der Waals surface area contributed by atoms with Gasteiger partial charge >= 0.3 is 0 Å². The number of aromatic nitrogens is 2. The van der Waals surface area contributed by atoms with E-state index in [0.29, 0.717) is 0 Å². The van der Waals surface area contributed by atoms with Crippen LogP contribution in [0.25, 0.3) is 0 Å². The summed E-state index contributed by atoms with van der Waals surface area (Å²) in [5.74, 6) is 2.52. The number of hydrogen-bond donors (Lipinski definition) is 2. The highest BCUT2D eigenvalue weighted by atomic mass is 15.1. The number of anilines is 2. The van der Waals surface area contributed by atoms with Gasteiger partial charge in [-0.1, -0.05) is 0 Å². The Kier molecular flexibility index (Phi) is 3.50. The van der Waals surface area contributed by atoms with Crippen molar-refractivity contribution in [3.8, 4) is 0 Å². The summed E-state index contributed by atoms with van der Waals surface area (Å²) < 4.78 is 0. The molecule has 2 N–H and O–H groups in total. The highest BCUT2D eigenvalue weighted by Gasteiger charge is 2.11. The molecular formula is C11H20N4. The van der Waals surface area contributed by atoms with Crippen molar-refractivity contribution < 1.29 is 0 Å². The zero-order valence-electron chi connectivity index (χ0n) is 10.2. The predicted octanol–water partition coefficient (Wildman–Crippen LogP) is 2.43. The maximum atomic E-state index is 4.34. The Hall–Kier alpha value is -1.32. The SMILES string of the molecule is CCNc1cc(NC(C)(C)C)nc(C)n1. The molecule has 0 aromatic carbocycles. The van der Waals surface area contributed by atoms with Crippen LogP contribution in [0.1, 0.15) is 33.5 Å². The van der Waals surface area contributed by atoms with Crippen LogP contribution < -0.4 is 10.6 Å². The molecule has 0 amide bonds. The van der Waals surface area contributed by atoms with Gasteiger partial charge < -0.3 is 10.6 Å². The topological polar surface area (TPSA) is 49.8 Å². The van der Waals surface area contributed by atoms with Crippen molar-refractivity contribution in [2.24, 2.45) is 0 Å². The van der Waals surface area contributed by atoms with Crippen molar-refractivity contribution in [3.63, 3.8) is 0 Å². The molecule has 15 heavy (non-hydrogen) atoms. The van der Waals surface area contributed by atoms with E-state index in [-0.39, 0.29) is 5.54 Å². The molecule has 0 radical (unpaired) electrons. The normalized spacial score (nSPS) is 11.3. The van der Waals surface area contributed by atoms with Crippen LogP contribution in [0.3, 0.4) is 0 Å². The zero-order valence-corrected chi connectivity index (χ0v) is 10.2. The summed E-state index contributed by atoms with van der Waals surface area (Å²) in [7, 11) is 0. The minimum absolute atomic E-state index is 0.0181. The Balaban J connectivity index is 2.88. The summed E-state index contributed by atoms with van der Waals surface area (Å²) in [4.78, 5) is 8.63. The average Bonchev–Trinajstić information content (AvgIpc) is 1.99. The summed E-state index contributed by atoms with van der Waals surface area (Å²) >= 11 is 0. The smallest absolute Gasteiger partial charge is 0.132 e. The van der Waals surface area contributed by atoms with E-state index >= 15 is 0 Å². The van der Waals surface area contributed by atoms with Gasteiger partial charge in [0, 0.05) is 18.2 Å². The second-order valence-electron chi connectivity index (χ2n) is 4.59. The Morgan fingerprint density at radius 3 is 2.33 bits per heavy atom. The molecule has 0 bridgehead atoms. The minimum atomic E-state index is 0.0181. The summed E-state index contributed by atoms with van der Waals surface area (Å²) in [6, 6.07) is 1.93. The fraction of sp³-hybridized carbons (Fsp3) is 0.636. The van der Waals surface area contributed by atoms with Crippen LogP contribution in [0.5, 0.6) is 0 Å². The van der Waals surface area contributed by atoms with Crippen LogP contribution in [0.2, 0.25) is 0 Å². The largest absolute Gasteiger partial charge is 0.370 e. The Labute approximate surface area is 91.5 Å². The van der Waals surface area contributed by atoms with Gasteiger partial charge in [0.1, 0.15) is 17.5 Å². The van der Waals surface area contributed by atoms with E-state index in [9.17, 15) is 0 Å². The van der Waals surface area contributed by atoms with Crippen molar-refractivity contribution in [2.75, 3.05) is 17.2 Å². The number of nitrogens with zero attached hydrogens (tertiary/aromatic N) is 2. The first-order valence-electron chi connectivity index (χ1n) is 5.28. The number of nitrogens with one attached hydrogen (secondary N) is 2. The van der Waals surface area contributed by atoms with E-state index in [4.69, 9.17) is 0 Å². The fourth-order valence-electron chi connectivity index (χ4n) is 1.29. The lowest BCUT2D eigenvalue weighted by molar-refractivity contribution is 0.629. The van der Waals surface area contributed by atoms with Crippen LogP contribution in [-0.4, -0.2) is 22.1 Å². The molecule has 0 saturated heterocycles. The van der Waals surface area contributed by atoms with Gasteiger partial charge in [-0.15, -0.1) is 0 Å². The monoisotopic (exact) mass is 208 g/mol. The van der Waals surface area contributed by atoms with E-state index in [0.717, 1.165) is 24.0 Å². The van der Waals surface area contributed by atoms with E-state index in [1.54, 1.807) is 0 Å². The quantitative estimate of drug-likeness (QED) is 0.801. The first-order valence-corrected chi connectivity index (χ1v) is 5.28. The predicted molar refractivity (Wildman–Crippen MR) is 64.3 cm³/mol. The second-order valence-corrected chi connectivity index (χ2v) is 4.59. The molecule has 0 unspecified atom stereocenters. The molecule has 0 saturated carbocycles. The van der Waals surface area contributed by atoms with Crippen molar-refractivity contribution >= 4 is 11.6 Å². The van der Waals surface area contributed by atoms with Crippen molar-refractivity contribution in [1.29, 1.82) is 0 Å². The molecule has 0 spiro atoms. The van der Waals surface area contributed by atoms with Gasteiger partial charge in [0.05, 0.1) is 0 Å². The maximum absolute atomic E-state index is 4.34. The lowest BCUT2D eigenvalue weighted by Crippen LogP contribution is -2.27. The summed E-state index contributed by atoms with van der Waals surface area (Å²) in [6.45, 7) is 11.1. The van der Waals surface area contributed by atoms with E-state index in [2.05, 4.69) is 41.4 Å². The van der Waals surface area contributed by atoms with Gasteiger partial charge in [-0.05, 0) is 34.6 Å². The summed E-state index contributed by atoms with van der Waals surface area (Å²) in [5, 5.41) is 6.51. The first kappa shape index (κ1) is 11.8. The Morgan fingerprint density at radius 1 is 1.20 bits per heavy atom. The average molecular weight is 208 g/mol. The number of rotatable bonds is 3. The Morgan fingerprint density at radius 2 is 1.80 bits per heavy atom. The standard InChI is InChI=1S/C11H20N4/c1-6-12-9-7-10(14-8(2)13-9)15-11(3,4)5/h7H,6H2,1-5H3,(H2,12,13,14,15). The van der Waals surface area contributed by atoms with Crippen molar-refractivity contribution in [3.05, 3.63) is 11.9 Å². The van der Waals surface area contributed by atoms with Gasteiger partial charge in [0.15, 0.2) is 0 Å². The van der Waals surface area contributed by atoms with Crippen molar-refractivity contribution in [2.45, 2.75) is 40.2 Å². The maximum Gasteiger partial charge on any atom is 0.132 e. The van der Waals surface area contributed by atoms with E-state index in [1.165, 1.54) is 0 Å². The number of aryl methyl sites for hydroxylation is 1. The molecule has 4 heteroatoms. The third kappa shape index (κ3) is 4.14. The van der Waals surface area contributed by atoms with Crippen molar-refractivity contribution in [1.82, 2.24) is 9.97 Å². The zero-order chi connectivity index (χ0) is 11.5. The minimum Gasteiger partial charge on any atom is -0.370 e. The summed E-state index contributed by atoms with van der Waals surface area (Å²) in [6.07, 6.45) is 0. The first-order chi connectivity index (χ1) is 6.90. The molecule has 0 fully saturated rings. The van der Waals surface area contributed by atoms with Crippen LogP contribution in [-0.2, 0) is 0 Å². The lowest BCUT2D eigenvalue weighted by Gasteiger charge is -2.21. The molecule has 0 aliphatic heterocycles. The third-order valence-electron chi connectivity index (χ3n) is 1.70. The molecule has 0 atom stereocenters. The third-order valence-corrected chi connectivity index (χ3v) is 1.70. The second kappa shape index (κ2) is 4.47. The summed E-state index contributed by atoms with van der Waals surface area (Å²) in [5.41, 5.74) is 0.0181. The van der Waals surface area contributed by atoms with E-state index in [1.807, 2.05) is 19.9 Å². The van der Waals surface area contributed by atoms with Crippen LogP contribution in [0.4, 0.5) is 11.6 Å². The van der Waals surface area contributed by atoms with E-state index < -0.39 is 0 Å². The molecular weight excluding hydrogens is 188 g/mol. The highest BCUT2D eigenvalue weighted by Crippen LogP contribution is 2.15. The Bertz CT molecular complexity index is 328. The molecule has 0 aliphatic carbocycles. The van der Waals surface area contributed by atoms with Gasteiger partial charge in [-0.25, -0.2) is 9.97 Å². The highest BCUT2D eigenvalue weighted by molar-refractivity contribution is 5.48. The molecule has 4 nitrogen and oxygen atoms in total.